The summed E-state index contributed by atoms with van der Waals surface area (Å²) in [7, 11) is -3.45. The summed E-state index contributed by atoms with van der Waals surface area (Å²) in [6.45, 7) is 0. The molecule has 4 rings (SSSR count). The van der Waals surface area contributed by atoms with Gasteiger partial charge in [-0.25, -0.2) is 18.1 Å². The van der Waals surface area contributed by atoms with Gasteiger partial charge in [0.2, 0.25) is 10.0 Å². The van der Waals surface area contributed by atoms with Crippen molar-refractivity contribution in [3.63, 3.8) is 0 Å². The summed E-state index contributed by atoms with van der Waals surface area (Å²) in [4.78, 5) is 8.84. The Labute approximate surface area is 152 Å². The Kier molecular flexibility index (Phi) is 4.18. The lowest BCUT2D eigenvalue weighted by molar-refractivity contribution is 0.581. The van der Waals surface area contributed by atoms with Crippen LogP contribution in [0.2, 0.25) is 0 Å². The summed E-state index contributed by atoms with van der Waals surface area (Å²) in [5.74, 6) is 0.403. The Hall–Kier alpha value is -2.77. The van der Waals surface area contributed by atoms with Gasteiger partial charge < -0.3 is 5.73 Å². The second-order valence-electron chi connectivity index (χ2n) is 6.29. The second kappa shape index (κ2) is 6.51. The van der Waals surface area contributed by atoms with Crippen molar-refractivity contribution >= 4 is 15.8 Å². The number of nitrogens with zero attached hydrogens (tertiary/aromatic N) is 2. The molecule has 0 spiro atoms. The first kappa shape index (κ1) is 16.7. The largest absolute Gasteiger partial charge is 0.383 e. The first-order chi connectivity index (χ1) is 12.5. The third kappa shape index (κ3) is 3.44. The van der Waals surface area contributed by atoms with Crippen LogP contribution in [-0.2, 0) is 10.0 Å². The number of rotatable bonds is 5. The van der Waals surface area contributed by atoms with E-state index in [0.29, 0.717) is 5.82 Å². The van der Waals surface area contributed by atoms with E-state index in [2.05, 4.69) is 14.7 Å². The number of nitrogens with two attached hydrogens (primary N) is 1. The van der Waals surface area contributed by atoms with Crippen molar-refractivity contribution in [3.05, 3.63) is 60.9 Å². The van der Waals surface area contributed by atoms with Gasteiger partial charge in [0.25, 0.3) is 0 Å². The Morgan fingerprint density at radius 1 is 1.00 bits per heavy atom. The molecular weight excluding hydrogens is 348 g/mol. The highest BCUT2D eigenvalue weighted by Crippen LogP contribution is 2.29. The van der Waals surface area contributed by atoms with Crippen molar-refractivity contribution in [2.45, 2.75) is 23.8 Å². The monoisotopic (exact) mass is 366 g/mol. The van der Waals surface area contributed by atoms with Crippen LogP contribution < -0.4 is 10.5 Å². The van der Waals surface area contributed by atoms with Crippen molar-refractivity contribution in [3.8, 4) is 22.4 Å². The lowest BCUT2D eigenvalue weighted by Gasteiger charge is -2.09. The molecule has 0 atom stereocenters. The molecule has 6 nitrogen and oxygen atoms in total. The van der Waals surface area contributed by atoms with E-state index >= 15 is 0 Å². The number of aromatic nitrogens is 2. The summed E-state index contributed by atoms with van der Waals surface area (Å²) < 4.78 is 27.2. The lowest BCUT2D eigenvalue weighted by atomic mass is 10.0. The topological polar surface area (TPSA) is 98.0 Å². The average Bonchev–Trinajstić information content (AvgIpc) is 3.46. The van der Waals surface area contributed by atoms with E-state index in [-0.39, 0.29) is 10.9 Å². The predicted octanol–water partition coefficient (Wildman–Crippen LogP) is 2.83. The number of benzene rings is 1. The molecule has 1 aromatic carbocycles. The van der Waals surface area contributed by atoms with Crippen molar-refractivity contribution in [1.29, 1.82) is 0 Å². The molecule has 132 valence electrons. The maximum atomic E-state index is 12.3. The van der Waals surface area contributed by atoms with Crippen LogP contribution in [-0.4, -0.2) is 24.4 Å². The minimum absolute atomic E-state index is 0.0851. The standard InChI is InChI=1S/C19H18N4O2S/c20-19-17(18-3-1-2-10-21-18)11-14(12-22-19)13-4-8-16(9-5-13)26(24,25)23-15-6-7-15/h1-5,8-12,15,23H,6-7H2,(H2,20,22). The molecule has 2 aromatic heterocycles. The minimum atomic E-state index is -3.45. The molecule has 0 aliphatic heterocycles. The quantitative estimate of drug-likeness (QED) is 0.723. The zero-order chi connectivity index (χ0) is 18.1. The Morgan fingerprint density at radius 3 is 2.42 bits per heavy atom. The van der Waals surface area contributed by atoms with Gasteiger partial charge in [-0.05, 0) is 48.7 Å². The van der Waals surface area contributed by atoms with Crippen LogP contribution in [0.25, 0.3) is 22.4 Å². The van der Waals surface area contributed by atoms with Crippen LogP contribution in [0.15, 0.2) is 65.8 Å². The SMILES string of the molecule is Nc1ncc(-c2ccc(S(=O)(=O)NC3CC3)cc2)cc1-c1ccccn1. The van der Waals surface area contributed by atoms with E-state index in [1.165, 1.54) is 0 Å². The maximum absolute atomic E-state index is 12.3. The maximum Gasteiger partial charge on any atom is 0.240 e. The Bertz CT molecular complexity index is 1030. The molecular formula is C19H18N4O2S. The fraction of sp³-hybridized carbons (Fsp3) is 0.158. The summed E-state index contributed by atoms with van der Waals surface area (Å²) in [6, 6.07) is 14.4. The van der Waals surface area contributed by atoms with E-state index in [1.807, 2.05) is 24.3 Å². The highest BCUT2D eigenvalue weighted by atomic mass is 32.2. The van der Waals surface area contributed by atoms with Crippen molar-refractivity contribution in [2.75, 3.05) is 5.73 Å². The lowest BCUT2D eigenvalue weighted by Crippen LogP contribution is -2.25. The molecule has 1 aliphatic carbocycles. The number of nitrogen functional groups attached to an aromatic ring is 1. The van der Waals surface area contributed by atoms with Gasteiger partial charge >= 0.3 is 0 Å². The van der Waals surface area contributed by atoms with Gasteiger partial charge in [-0.1, -0.05) is 18.2 Å². The Morgan fingerprint density at radius 2 is 1.77 bits per heavy atom. The Balaban J connectivity index is 1.66. The molecule has 7 heteroatoms. The summed E-state index contributed by atoms with van der Waals surface area (Å²) in [5, 5.41) is 0. The number of nitrogens with one attached hydrogen (secondary N) is 1. The molecule has 26 heavy (non-hydrogen) atoms. The van der Waals surface area contributed by atoms with Gasteiger partial charge in [0, 0.05) is 29.6 Å². The number of hydrogen-bond acceptors (Lipinski definition) is 5. The number of pyridine rings is 2. The molecule has 1 fully saturated rings. The third-order valence-corrected chi connectivity index (χ3v) is 5.79. The smallest absolute Gasteiger partial charge is 0.240 e. The van der Waals surface area contributed by atoms with Crippen LogP contribution in [0.5, 0.6) is 0 Å². The van der Waals surface area contributed by atoms with Gasteiger partial charge in [0.1, 0.15) is 5.82 Å². The van der Waals surface area contributed by atoms with E-state index in [0.717, 1.165) is 35.2 Å². The molecule has 0 unspecified atom stereocenters. The summed E-state index contributed by atoms with van der Waals surface area (Å²) >= 11 is 0. The van der Waals surface area contributed by atoms with Crippen LogP contribution in [0, 0.1) is 0 Å². The van der Waals surface area contributed by atoms with Crippen molar-refractivity contribution < 1.29 is 8.42 Å². The third-order valence-electron chi connectivity index (χ3n) is 4.26. The molecule has 0 radical (unpaired) electrons. The van der Waals surface area contributed by atoms with E-state index in [1.54, 1.807) is 36.7 Å². The van der Waals surface area contributed by atoms with Gasteiger partial charge in [-0.3, -0.25) is 4.98 Å². The minimum Gasteiger partial charge on any atom is -0.383 e. The highest BCUT2D eigenvalue weighted by Gasteiger charge is 2.27. The molecule has 2 heterocycles. The van der Waals surface area contributed by atoms with Gasteiger partial charge in [-0.15, -0.1) is 0 Å². The van der Waals surface area contributed by atoms with E-state index in [9.17, 15) is 8.42 Å². The van der Waals surface area contributed by atoms with Gasteiger partial charge in [-0.2, -0.15) is 0 Å². The van der Waals surface area contributed by atoms with Crippen molar-refractivity contribution in [2.24, 2.45) is 0 Å². The van der Waals surface area contributed by atoms with Gasteiger partial charge in [0.05, 0.1) is 10.6 Å². The first-order valence-electron chi connectivity index (χ1n) is 8.33. The first-order valence-corrected chi connectivity index (χ1v) is 9.81. The highest BCUT2D eigenvalue weighted by molar-refractivity contribution is 7.89. The van der Waals surface area contributed by atoms with Gasteiger partial charge in [0.15, 0.2) is 0 Å². The average molecular weight is 366 g/mol. The zero-order valence-corrected chi connectivity index (χ0v) is 14.8. The second-order valence-corrected chi connectivity index (χ2v) is 8.01. The van der Waals surface area contributed by atoms with E-state index in [4.69, 9.17) is 5.73 Å². The van der Waals surface area contributed by atoms with Crippen molar-refractivity contribution in [1.82, 2.24) is 14.7 Å². The molecule has 3 N–H and O–H groups in total. The molecule has 1 saturated carbocycles. The van der Waals surface area contributed by atoms with Crippen LogP contribution >= 0.6 is 0 Å². The molecule has 1 aliphatic rings. The number of sulfonamides is 1. The summed E-state index contributed by atoms with van der Waals surface area (Å²) in [5.41, 5.74) is 9.19. The fourth-order valence-corrected chi connectivity index (χ4v) is 3.98. The number of hydrogen-bond donors (Lipinski definition) is 2. The van der Waals surface area contributed by atoms with Crippen LogP contribution in [0.3, 0.4) is 0 Å². The number of anilines is 1. The fourth-order valence-electron chi connectivity index (χ4n) is 2.68. The van der Waals surface area contributed by atoms with Crippen LogP contribution in [0.1, 0.15) is 12.8 Å². The predicted molar refractivity (Wildman–Crippen MR) is 101 cm³/mol. The molecule has 0 saturated heterocycles. The molecule has 3 aromatic rings. The molecule has 0 bridgehead atoms. The zero-order valence-electron chi connectivity index (χ0n) is 14.0. The normalized spacial score (nSPS) is 14.3. The van der Waals surface area contributed by atoms with E-state index < -0.39 is 10.0 Å². The van der Waals surface area contributed by atoms with Crippen LogP contribution in [0.4, 0.5) is 5.82 Å². The molecule has 0 amide bonds. The summed E-state index contributed by atoms with van der Waals surface area (Å²) in [6.07, 6.45) is 5.19.